The molecule has 1 saturated heterocycles. The Kier molecular flexibility index (Phi) is 5.76. The fourth-order valence-electron chi connectivity index (χ4n) is 6.00. The first kappa shape index (κ1) is 23.4. The number of hydrogen-bond acceptors (Lipinski definition) is 4. The van der Waals surface area contributed by atoms with Crippen molar-refractivity contribution in [3.63, 3.8) is 0 Å². The van der Waals surface area contributed by atoms with E-state index < -0.39 is 9.84 Å². The maximum atomic E-state index is 13.7. The molecule has 0 unspecified atom stereocenters. The van der Waals surface area contributed by atoms with Gasteiger partial charge in [0.15, 0.2) is 9.84 Å². The molecule has 0 N–H and O–H groups in total. The lowest BCUT2D eigenvalue weighted by Gasteiger charge is -2.51. The number of urea groups is 1. The van der Waals surface area contributed by atoms with Gasteiger partial charge < -0.3 is 4.90 Å². The largest absolute Gasteiger partial charge is 0.325 e. The van der Waals surface area contributed by atoms with Gasteiger partial charge >= 0.3 is 6.03 Å². The van der Waals surface area contributed by atoms with Crippen molar-refractivity contribution in [3.05, 3.63) is 60.2 Å². The first-order valence-electron chi connectivity index (χ1n) is 12.3. The molecule has 182 valence electrons. The highest BCUT2D eigenvalue weighted by molar-refractivity contribution is 7.90. The molecule has 0 bridgehead atoms. The number of nitrogens with zero attached hydrogens (tertiary/aromatic N) is 3. The number of hydrogen-bond donors (Lipinski definition) is 0. The van der Waals surface area contributed by atoms with Gasteiger partial charge in [0.05, 0.1) is 17.0 Å². The number of carbonyl (C=O) groups is 1. The zero-order chi connectivity index (χ0) is 24.1. The molecule has 1 aliphatic heterocycles. The van der Waals surface area contributed by atoms with Crippen molar-refractivity contribution in [2.24, 2.45) is 5.92 Å². The van der Waals surface area contributed by atoms with Crippen LogP contribution >= 0.6 is 0 Å². The fourth-order valence-corrected chi connectivity index (χ4v) is 6.63. The van der Waals surface area contributed by atoms with Crippen LogP contribution in [0.2, 0.25) is 0 Å². The van der Waals surface area contributed by atoms with Gasteiger partial charge in [-0.05, 0) is 88.4 Å². The van der Waals surface area contributed by atoms with Gasteiger partial charge in [-0.15, -0.1) is 0 Å². The maximum Gasteiger partial charge on any atom is 0.325 e. The van der Waals surface area contributed by atoms with E-state index in [1.165, 1.54) is 24.7 Å². The third-order valence-corrected chi connectivity index (χ3v) is 9.50. The molecule has 7 heteroatoms. The highest BCUT2D eigenvalue weighted by Crippen LogP contribution is 2.50. The van der Waals surface area contributed by atoms with E-state index in [-0.39, 0.29) is 22.0 Å². The summed E-state index contributed by atoms with van der Waals surface area (Å²) in [6.07, 6.45) is 7.52. The quantitative estimate of drug-likeness (QED) is 0.609. The van der Waals surface area contributed by atoms with Crippen LogP contribution in [0, 0.1) is 5.92 Å². The fraction of sp³-hybridized carbons (Fsp3) is 0.519. The van der Waals surface area contributed by atoms with Crippen LogP contribution in [0.1, 0.15) is 44.1 Å². The standard InChI is InChI=1S/C27H35N3O3S/c1-28(2)27(22-7-5-4-6-8-22)17-15-26(16-18-27)20-29(25(31)30(26)19-21-9-10-21)23-11-13-24(14-12-23)34(3,32)33/h4-8,11-14,21H,9-10,15-20H2,1-3H3. The lowest BCUT2D eigenvalue weighted by atomic mass is 9.68. The summed E-state index contributed by atoms with van der Waals surface area (Å²) in [6.45, 7) is 1.49. The van der Waals surface area contributed by atoms with E-state index in [2.05, 4.69) is 54.2 Å². The van der Waals surface area contributed by atoms with E-state index in [1.54, 1.807) is 24.3 Å². The lowest BCUT2D eigenvalue weighted by molar-refractivity contribution is 0.0249. The zero-order valence-electron chi connectivity index (χ0n) is 20.4. The average Bonchev–Trinajstić information content (AvgIpc) is 3.61. The van der Waals surface area contributed by atoms with E-state index >= 15 is 0 Å². The van der Waals surface area contributed by atoms with Crippen LogP contribution in [-0.4, -0.2) is 63.2 Å². The van der Waals surface area contributed by atoms with Crippen LogP contribution in [0.15, 0.2) is 59.5 Å². The topological polar surface area (TPSA) is 60.9 Å². The normalized spacial score (nSPS) is 27.7. The van der Waals surface area contributed by atoms with Crippen LogP contribution in [-0.2, 0) is 15.4 Å². The van der Waals surface area contributed by atoms with Crippen molar-refractivity contribution in [2.75, 3.05) is 38.3 Å². The first-order valence-corrected chi connectivity index (χ1v) is 14.2. The van der Waals surface area contributed by atoms with E-state index in [0.29, 0.717) is 12.5 Å². The van der Waals surface area contributed by atoms with Crippen molar-refractivity contribution in [3.8, 4) is 0 Å². The van der Waals surface area contributed by atoms with E-state index in [9.17, 15) is 13.2 Å². The van der Waals surface area contributed by atoms with Gasteiger partial charge in [0.1, 0.15) is 0 Å². The van der Waals surface area contributed by atoms with Crippen LogP contribution in [0.25, 0.3) is 0 Å². The molecule has 2 aromatic carbocycles. The summed E-state index contributed by atoms with van der Waals surface area (Å²) in [5.74, 6) is 0.614. The molecule has 0 radical (unpaired) electrons. The van der Waals surface area contributed by atoms with Crippen molar-refractivity contribution in [2.45, 2.75) is 54.5 Å². The molecule has 2 saturated carbocycles. The second-order valence-corrected chi connectivity index (χ2v) is 12.7. The number of rotatable bonds is 6. The molecule has 2 aliphatic carbocycles. The second kappa shape index (κ2) is 8.38. The summed E-state index contributed by atoms with van der Waals surface area (Å²) in [6, 6.07) is 17.6. The van der Waals surface area contributed by atoms with Crippen molar-refractivity contribution >= 4 is 21.6 Å². The summed E-state index contributed by atoms with van der Waals surface area (Å²) in [7, 11) is 1.07. The van der Waals surface area contributed by atoms with Crippen molar-refractivity contribution in [1.29, 1.82) is 0 Å². The van der Waals surface area contributed by atoms with Gasteiger partial charge in [0.25, 0.3) is 0 Å². The SMILES string of the molecule is CN(C)C1(c2ccccc2)CCC2(CC1)CN(c1ccc(S(C)(=O)=O)cc1)C(=O)N2CC1CC1. The van der Waals surface area contributed by atoms with Gasteiger partial charge in [-0.1, -0.05) is 30.3 Å². The number of sulfone groups is 1. The second-order valence-electron chi connectivity index (χ2n) is 10.7. The van der Waals surface area contributed by atoms with Crippen molar-refractivity contribution < 1.29 is 13.2 Å². The van der Waals surface area contributed by atoms with Crippen molar-refractivity contribution in [1.82, 2.24) is 9.80 Å². The average molecular weight is 482 g/mol. The van der Waals surface area contributed by atoms with Gasteiger partial charge in [-0.25, -0.2) is 13.2 Å². The molecule has 3 aliphatic rings. The van der Waals surface area contributed by atoms with Gasteiger partial charge in [-0.2, -0.15) is 0 Å². The molecule has 1 spiro atoms. The van der Waals surface area contributed by atoms with E-state index in [1.807, 2.05) is 4.90 Å². The van der Waals surface area contributed by atoms with Gasteiger partial charge in [0, 0.05) is 24.0 Å². The molecule has 3 fully saturated rings. The predicted octanol–water partition coefficient (Wildman–Crippen LogP) is 4.51. The lowest BCUT2D eigenvalue weighted by Crippen LogP contribution is -2.55. The van der Waals surface area contributed by atoms with Crippen LogP contribution in [0.4, 0.5) is 10.5 Å². The minimum atomic E-state index is -3.27. The molecule has 0 atom stereocenters. The monoisotopic (exact) mass is 481 g/mol. The highest BCUT2D eigenvalue weighted by Gasteiger charge is 2.55. The van der Waals surface area contributed by atoms with Crippen LogP contribution in [0.5, 0.6) is 0 Å². The van der Waals surface area contributed by atoms with Gasteiger partial charge in [-0.3, -0.25) is 9.80 Å². The Morgan fingerprint density at radius 3 is 2.09 bits per heavy atom. The molecule has 34 heavy (non-hydrogen) atoms. The Morgan fingerprint density at radius 1 is 0.941 bits per heavy atom. The Hall–Kier alpha value is -2.38. The molecule has 5 rings (SSSR count). The summed E-state index contributed by atoms with van der Waals surface area (Å²) in [5, 5.41) is 0. The van der Waals surface area contributed by atoms with E-state index in [4.69, 9.17) is 0 Å². The molecule has 6 nitrogen and oxygen atoms in total. The Labute approximate surface area is 203 Å². The third-order valence-electron chi connectivity index (χ3n) is 8.38. The Balaban J connectivity index is 1.44. The highest BCUT2D eigenvalue weighted by atomic mass is 32.2. The molecule has 2 aromatic rings. The zero-order valence-corrected chi connectivity index (χ0v) is 21.2. The molecular formula is C27H35N3O3S. The summed E-state index contributed by atoms with van der Waals surface area (Å²) >= 11 is 0. The Bertz CT molecular complexity index is 1150. The number of amides is 2. The minimum Gasteiger partial charge on any atom is -0.317 e. The number of anilines is 1. The Morgan fingerprint density at radius 2 is 1.56 bits per heavy atom. The predicted molar refractivity (Wildman–Crippen MR) is 135 cm³/mol. The maximum absolute atomic E-state index is 13.7. The molecular weight excluding hydrogens is 446 g/mol. The smallest absolute Gasteiger partial charge is 0.317 e. The minimum absolute atomic E-state index is 0.0225. The summed E-state index contributed by atoms with van der Waals surface area (Å²) in [4.78, 5) is 20.4. The third kappa shape index (κ3) is 4.03. The number of carbonyl (C=O) groups excluding carboxylic acids is 1. The van der Waals surface area contributed by atoms with Gasteiger partial charge in [0.2, 0.25) is 0 Å². The molecule has 0 aromatic heterocycles. The molecule has 1 heterocycles. The summed E-state index contributed by atoms with van der Waals surface area (Å²) in [5.41, 5.74) is 1.93. The number of benzene rings is 2. The van der Waals surface area contributed by atoms with Crippen LogP contribution in [0.3, 0.4) is 0 Å². The summed E-state index contributed by atoms with van der Waals surface area (Å²) < 4.78 is 23.8. The first-order chi connectivity index (χ1) is 16.1. The van der Waals surface area contributed by atoms with E-state index in [0.717, 1.165) is 37.9 Å². The van der Waals surface area contributed by atoms with Crippen LogP contribution < -0.4 is 4.90 Å². The molecule has 2 amide bonds.